The zero-order chi connectivity index (χ0) is 23.0. The van der Waals surface area contributed by atoms with E-state index in [1.165, 1.54) is 20.3 Å². The van der Waals surface area contributed by atoms with Crippen molar-refractivity contribution in [1.82, 2.24) is 15.0 Å². The molecule has 0 fully saturated rings. The number of methoxy groups -OCH3 is 2. The summed E-state index contributed by atoms with van der Waals surface area (Å²) in [4.78, 5) is 27.2. The van der Waals surface area contributed by atoms with Crippen molar-refractivity contribution in [3.8, 4) is 28.8 Å². The number of H-pyrrole nitrogens is 1. The molecule has 3 aromatic rings. The van der Waals surface area contributed by atoms with Gasteiger partial charge in [-0.15, -0.1) is 0 Å². The molecule has 1 aliphatic rings. The van der Waals surface area contributed by atoms with E-state index < -0.39 is 23.2 Å². The first-order valence-electron chi connectivity index (χ1n) is 9.45. The minimum absolute atomic E-state index is 0.138. The van der Waals surface area contributed by atoms with Crippen molar-refractivity contribution < 1.29 is 19.7 Å². The number of phenolic OH excluding ortho intramolecular Hbond substituents is 1. The molecule has 2 aromatic carbocycles. The van der Waals surface area contributed by atoms with Gasteiger partial charge in [0.1, 0.15) is 5.56 Å². The average molecular weight is 459 g/mol. The Bertz CT molecular complexity index is 1320. The summed E-state index contributed by atoms with van der Waals surface area (Å²) in [5, 5.41) is 25.5. The summed E-state index contributed by atoms with van der Waals surface area (Å²) >= 11 is 6.00. The van der Waals surface area contributed by atoms with Gasteiger partial charge in [0, 0.05) is 11.4 Å². The third-order valence-electron chi connectivity index (χ3n) is 5.10. The monoisotopic (exact) mass is 458 g/mol. The quantitative estimate of drug-likeness (QED) is 0.459. The van der Waals surface area contributed by atoms with Crippen molar-refractivity contribution in [2.45, 2.75) is 12.5 Å². The molecule has 0 radical (unpaired) electrons. The van der Waals surface area contributed by atoms with Crippen molar-refractivity contribution >= 4 is 17.3 Å². The van der Waals surface area contributed by atoms with Gasteiger partial charge in [0.2, 0.25) is 11.6 Å². The second-order valence-corrected chi connectivity index (χ2v) is 7.43. The van der Waals surface area contributed by atoms with E-state index in [0.717, 1.165) is 4.57 Å². The normalized spacial score (nSPS) is 15.2. The molecule has 1 atom stereocenters. The van der Waals surface area contributed by atoms with Gasteiger partial charge < -0.3 is 25.1 Å². The lowest BCUT2D eigenvalue weighted by molar-refractivity contribution is 0.338. The van der Waals surface area contributed by atoms with Crippen LogP contribution in [0.5, 0.6) is 23.1 Å². The number of phenols is 1. The molecule has 10 nitrogen and oxygen atoms in total. The lowest BCUT2D eigenvalue weighted by Crippen LogP contribution is -2.33. The van der Waals surface area contributed by atoms with Crippen LogP contribution >= 0.6 is 11.6 Å². The van der Waals surface area contributed by atoms with Crippen molar-refractivity contribution in [3.63, 3.8) is 0 Å². The average Bonchev–Trinajstić information content (AvgIpc) is 3.23. The van der Waals surface area contributed by atoms with E-state index in [1.54, 1.807) is 30.3 Å². The molecule has 0 aliphatic carbocycles. The molecule has 1 aromatic heterocycles. The lowest BCUT2D eigenvalue weighted by Gasteiger charge is -2.15. The van der Waals surface area contributed by atoms with Crippen LogP contribution in [0.15, 0.2) is 51.1 Å². The Morgan fingerprint density at radius 1 is 1.12 bits per heavy atom. The second-order valence-electron chi connectivity index (χ2n) is 6.99. The zero-order valence-corrected chi connectivity index (χ0v) is 17.8. The Morgan fingerprint density at radius 2 is 1.81 bits per heavy atom. The number of hydrogen-bond acceptors (Lipinski definition) is 8. The molecule has 32 heavy (non-hydrogen) atoms. The number of ether oxygens (including phenoxy) is 2. The number of aromatic nitrogens is 2. The van der Waals surface area contributed by atoms with Crippen LogP contribution in [-0.4, -0.2) is 39.7 Å². The number of benzene rings is 2. The van der Waals surface area contributed by atoms with Gasteiger partial charge in [-0.1, -0.05) is 17.7 Å². The number of hydrazone groups is 1. The van der Waals surface area contributed by atoms with Crippen LogP contribution < -0.4 is 26.1 Å². The molecule has 0 bridgehead atoms. The smallest absolute Gasteiger partial charge is 0.335 e. The van der Waals surface area contributed by atoms with E-state index in [2.05, 4.69) is 15.5 Å². The van der Waals surface area contributed by atoms with E-state index in [0.29, 0.717) is 10.6 Å². The number of aromatic hydroxyl groups is 2. The maximum Gasteiger partial charge on any atom is 0.335 e. The Morgan fingerprint density at radius 3 is 2.44 bits per heavy atom. The maximum atomic E-state index is 12.6. The van der Waals surface area contributed by atoms with Gasteiger partial charge in [0.25, 0.3) is 5.56 Å². The van der Waals surface area contributed by atoms with Crippen molar-refractivity contribution in [2.75, 3.05) is 14.2 Å². The van der Waals surface area contributed by atoms with Gasteiger partial charge >= 0.3 is 5.69 Å². The maximum absolute atomic E-state index is 12.6. The minimum Gasteiger partial charge on any atom is -0.502 e. The predicted molar refractivity (Wildman–Crippen MR) is 118 cm³/mol. The molecule has 0 unspecified atom stereocenters. The van der Waals surface area contributed by atoms with Crippen LogP contribution in [0.4, 0.5) is 0 Å². The van der Waals surface area contributed by atoms with Crippen LogP contribution in [0.25, 0.3) is 5.69 Å². The summed E-state index contributed by atoms with van der Waals surface area (Å²) in [5.74, 6) is -0.265. The first kappa shape index (κ1) is 21.3. The van der Waals surface area contributed by atoms with Crippen LogP contribution in [0.3, 0.4) is 0 Å². The Kier molecular flexibility index (Phi) is 5.54. The summed E-state index contributed by atoms with van der Waals surface area (Å²) in [6.07, 6.45) is 0.210. The third-order valence-corrected chi connectivity index (χ3v) is 5.33. The fourth-order valence-corrected chi connectivity index (χ4v) is 3.73. The fraction of sp³-hybridized carbons (Fsp3) is 0.190. The second kappa shape index (κ2) is 8.31. The molecule has 0 spiro atoms. The van der Waals surface area contributed by atoms with Crippen LogP contribution in [0.1, 0.15) is 23.6 Å². The predicted octanol–water partition coefficient (Wildman–Crippen LogP) is 2.05. The number of halogens is 1. The van der Waals surface area contributed by atoms with Gasteiger partial charge in [-0.25, -0.2) is 9.36 Å². The molecular formula is C21H19ClN4O6. The highest BCUT2D eigenvalue weighted by atomic mass is 35.5. The molecular weight excluding hydrogens is 440 g/mol. The van der Waals surface area contributed by atoms with Gasteiger partial charge in [-0.2, -0.15) is 5.10 Å². The molecule has 0 amide bonds. The largest absolute Gasteiger partial charge is 0.502 e. The highest BCUT2D eigenvalue weighted by Gasteiger charge is 2.29. The van der Waals surface area contributed by atoms with Gasteiger partial charge in [0.15, 0.2) is 11.5 Å². The summed E-state index contributed by atoms with van der Waals surface area (Å²) in [6, 6.07) is 9.12. The van der Waals surface area contributed by atoms with Crippen LogP contribution in [0, 0.1) is 0 Å². The number of nitrogens with zero attached hydrogens (tertiary/aromatic N) is 2. The van der Waals surface area contributed by atoms with E-state index >= 15 is 0 Å². The number of hydrogen-bond donors (Lipinski definition) is 4. The lowest BCUT2D eigenvalue weighted by atomic mass is 9.99. The SMILES string of the molecule is COc1cc([C@H]2CC(c3c(O)n(-c4cccc(Cl)c4)c(=O)[nH]c3=O)=NN2)cc(OC)c1O. The molecule has 166 valence electrons. The molecule has 11 heteroatoms. The molecule has 2 heterocycles. The molecule has 0 saturated heterocycles. The number of nitrogens with one attached hydrogen (secondary N) is 2. The van der Waals surface area contributed by atoms with Crippen molar-refractivity contribution in [2.24, 2.45) is 5.10 Å². The van der Waals surface area contributed by atoms with Crippen molar-refractivity contribution in [1.29, 1.82) is 0 Å². The summed E-state index contributed by atoms with van der Waals surface area (Å²) in [7, 11) is 2.83. The molecule has 1 aliphatic heterocycles. The molecule has 4 rings (SSSR count). The standard InChI is InChI=1S/C21H19ClN4O6/c1-31-15-6-10(7-16(32-2)18(15)27)13-9-14(25-24-13)17-19(28)23-21(30)26(20(17)29)12-5-3-4-11(22)8-12/h3-8,13,24,27,29H,9H2,1-2H3,(H,23,28,30)/t13-/m1/s1. The van der Waals surface area contributed by atoms with Crippen molar-refractivity contribution in [3.05, 3.63) is 73.4 Å². The Hall–Kier alpha value is -3.92. The van der Waals surface area contributed by atoms with E-state index in [9.17, 15) is 19.8 Å². The first-order chi connectivity index (χ1) is 15.3. The van der Waals surface area contributed by atoms with Gasteiger partial charge in [-0.3, -0.25) is 9.78 Å². The zero-order valence-electron chi connectivity index (χ0n) is 17.0. The highest BCUT2D eigenvalue weighted by Crippen LogP contribution is 2.40. The fourth-order valence-electron chi connectivity index (χ4n) is 3.55. The van der Waals surface area contributed by atoms with E-state index in [1.807, 2.05) is 0 Å². The van der Waals surface area contributed by atoms with E-state index in [-0.39, 0.29) is 40.6 Å². The third kappa shape index (κ3) is 3.65. The Labute approximate surface area is 186 Å². The molecule has 0 saturated carbocycles. The van der Waals surface area contributed by atoms with Crippen LogP contribution in [-0.2, 0) is 0 Å². The summed E-state index contributed by atoms with van der Waals surface area (Å²) in [5.41, 5.74) is 2.39. The topological polar surface area (TPSA) is 138 Å². The number of aromatic amines is 1. The molecule has 4 N–H and O–H groups in total. The van der Waals surface area contributed by atoms with Gasteiger partial charge in [-0.05, 0) is 35.9 Å². The highest BCUT2D eigenvalue weighted by molar-refractivity contribution is 6.30. The van der Waals surface area contributed by atoms with E-state index in [4.69, 9.17) is 21.1 Å². The Balaban J connectivity index is 1.73. The van der Waals surface area contributed by atoms with Gasteiger partial charge in [0.05, 0.1) is 31.7 Å². The summed E-state index contributed by atoms with van der Waals surface area (Å²) < 4.78 is 11.3. The van der Waals surface area contributed by atoms with Crippen LogP contribution in [0.2, 0.25) is 5.02 Å². The first-order valence-corrected chi connectivity index (χ1v) is 9.83. The summed E-state index contributed by atoms with van der Waals surface area (Å²) in [6.45, 7) is 0. The number of rotatable bonds is 5. The minimum atomic E-state index is -0.811.